The van der Waals surface area contributed by atoms with Crippen molar-refractivity contribution in [1.29, 1.82) is 0 Å². The molecule has 0 atom stereocenters. The lowest BCUT2D eigenvalue weighted by molar-refractivity contribution is 1.28. The van der Waals surface area contributed by atoms with Crippen molar-refractivity contribution in [3.63, 3.8) is 0 Å². The largest absolute Gasteiger partial charge is 0.103 e. The molecule has 0 heterocycles. The van der Waals surface area contributed by atoms with Gasteiger partial charge < -0.3 is 0 Å². The van der Waals surface area contributed by atoms with Crippen LogP contribution in [-0.2, 0) is 0 Å². The van der Waals surface area contributed by atoms with Crippen molar-refractivity contribution < 1.29 is 0 Å². The first-order chi connectivity index (χ1) is 5.91. The van der Waals surface area contributed by atoms with Crippen LogP contribution >= 0.6 is 0 Å². The van der Waals surface area contributed by atoms with Crippen LogP contribution in [0, 0.1) is 0 Å². The Bertz CT molecular complexity index is 170. The van der Waals surface area contributed by atoms with Crippen LogP contribution in [0.25, 0.3) is 0 Å². The SMILES string of the molecule is C=CC/C=C/C/C=C/C/C=C/C. The molecule has 0 nitrogen and oxygen atoms in total. The quantitative estimate of drug-likeness (QED) is 0.517. The molecular formula is C12H18. The average molecular weight is 162 g/mol. The van der Waals surface area contributed by atoms with Gasteiger partial charge in [0, 0.05) is 0 Å². The zero-order chi connectivity index (χ0) is 9.07. The average Bonchev–Trinajstić information content (AvgIpc) is 2.10. The lowest BCUT2D eigenvalue weighted by Gasteiger charge is -1.82. The van der Waals surface area contributed by atoms with Gasteiger partial charge in [0.05, 0.1) is 0 Å². The van der Waals surface area contributed by atoms with E-state index in [1.165, 1.54) is 0 Å². The van der Waals surface area contributed by atoms with Gasteiger partial charge in [-0.25, -0.2) is 0 Å². The lowest BCUT2D eigenvalue weighted by atomic mass is 10.3. The molecule has 0 aliphatic rings. The van der Waals surface area contributed by atoms with E-state index in [4.69, 9.17) is 0 Å². The minimum atomic E-state index is 0.975. The van der Waals surface area contributed by atoms with Gasteiger partial charge >= 0.3 is 0 Å². The van der Waals surface area contributed by atoms with Gasteiger partial charge in [-0.1, -0.05) is 42.5 Å². The van der Waals surface area contributed by atoms with Gasteiger partial charge in [-0.3, -0.25) is 0 Å². The molecule has 66 valence electrons. The van der Waals surface area contributed by atoms with E-state index >= 15 is 0 Å². The Morgan fingerprint density at radius 2 is 1.33 bits per heavy atom. The highest BCUT2D eigenvalue weighted by Gasteiger charge is 1.71. The van der Waals surface area contributed by atoms with Gasteiger partial charge in [0.25, 0.3) is 0 Å². The molecule has 0 aromatic heterocycles. The van der Waals surface area contributed by atoms with Crippen molar-refractivity contribution >= 4 is 0 Å². The summed E-state index contributed by atoms with van der Waals surface area (Å²) >= 11 is 0. The molecular weight excluding hydrogens is 144 g/mol. The van der Waals surface area contributed by atoms with Crippen molar-refractivity contribution in [2.24, 2.45) is 0 Å². The molecule has 0 aromatic carbocycles. The molecule has 0 aromatic rings. The number of allylic oxidation sites excluding steroid dienone is 7. The smallest absolute Gasteiger partial charge is 0.0169 e. The van der Waals surface area contributed by atoms with Gasteiger partial charge in [-0.05, 0) is 26.2 Å². The summed E-state index contributed by atoms with van der Waals surface area (Å²) in [5.74, 6) is 0. The minimum absolute atomic E-state index is 0.975. The summed E-state index contributed by atoms with van der Waals surface area (Å²) in [7, 11) is 0. The number of rotatable bonds is 6. The van der Waals surface area contributed by atoms with E-state index in [-0.39, 0.29) is 0 Å². The summed E-state index contributed by atoms with van der Waals surface area (Å²) in [4.78, 5) is 0. The second-order valence-corrected chi connectivity index (χ2v) is 2.51. The first kappa shape index (κ1) is 11.0. The molecule has 12 heavy (non-hydrogen) atoms. The van der Waals surface area contributed by atoms with Crippen LogP contribution < -0.4 is 0 Å². The predicted molar refractivity (Wildman–Crippen MR) is 57.1 cm³/mol. The molecule has 0 saturated heterocycles. The second-order valence-electron chi connectivity index (χ2n) is 2.51. The van der Waals surface area contributed by atoms with Crippen LogP contribution in [-0.4, -0.2) is 0 Å². The van der Waals surface area contributed by atoms with Crippen molar-refractivity contribution in [2.75, 3.05) is 0 Å². The van der Waals surface area contributed by atoms with Gasteiger partial charge in [-0.15, -0.1) is 6.58 Å². The van der Waals surface area contributed by atoms with Crippen LogP contribution in [0.15, 0.2) is 49.1 Å². The van der Waals surface area contributed by atoms with E-state index in [9.17, 15) is 0 Å². The molecule has 0 amide bonds. The highest BCUT2D eigenvalue weighted by atomic mass is 13.8. The first-order valence-corrected chi connectivity index (χ1v) is 4.44. The fourth-order valence-corrected chi connectivity index (χ4v) is 0.774. The Morgan fingerprint density at radius 3 is 1.83 bits per heavy atom. The molecule has 0 saturated carbocycles. The monoisotopic (exact) mass is 162 g/mol. The standard InChI is InChI=1S/C12H18/c1-3-5-7-9-11-12-10-8-6-4-2/h3-4,6-7,9-10,12H,1,5,8,11H2,2H3/b6-4+,9-7+,12-10+. The van der Waals surface area contributed by atoms with Crippen molar-refractivity contribution in [3.8, 4) is 0 Å². The van der Waals surface area contributed by atoms with E-state index in [0.717, 1.165) is 19.3 Å². The normalized spacial score (nSPS) is 12.1. The molecule has 0 spiro atoms. The maximum Gasteiger partial charge on any atom is -0.0169 e. The third-order valence-electron chi connectivity index (χ3n) is 1.42. The fourth-order valence-electron chi connectivity index (χ4n) is 0.774. The van der Waals surface area contributed by atoms with Gasteiger partial charge in [0.2, 0.25) is 0 Å². The topological polar surface area (TPSA) is 0 Å². The molecule has 0 rings (SSSR count). The van der Waals surface area contributed by atoms with Crippen LogP contribution in [0.1, 0.15) is 26.2 Å². The summed E-state index contributed by atoms with van der Waals surface area (Å²) in [6.07, 6.45) is 17.8. The molecule has 0 heteroatoms. The van der Waals surface area contributed by atoms with Gasteiger partial charge in [0.1, 0.15) is 0 Å². The van der Waals surface area contributed by atoms with Crippen molar-refractivity contribution in [1.82, 2.24) is 0 Å². The highest BCUT2D eigenvalue weighted by Crippen LogP contribution is 1.92. The molecule has 0 unspecified atom stereocenters. The summed E-state index contributed by atoms with van der Waals surface area (Å²) in [5.41, 5.74) is 0. The van der Waals surface area contributed by atoms with Crippen LogP contribution in [0.4, 0.5) is 0 Å². The van der Waals surface area contributed by atoms with Gasteiger partial charge in [0.15, 0.2) is 0 Å². The van der Waals surface area contributed by atoms with Crippen LogP contribution in [0.3, 0.4) is 0 Å². The van der Waals surface area contributed by atoms with Crippen LogP contribution in [0.2, 0.25) is 0 Å². The van der Waals surface area contributed by atoms with E-state index in [1.807, 2.05) is 13.0 Å². The Morgan fingerprint density at radius 1 is 0.833 bits per heavy atom. The molecule has 0 aliphatic heterocycles. The molecule has 0 N–H and O–H groups in total. The van der Waals surface area contributed by atoms with Gasteiger partial charge in [-0.2, -0.15) is 0 Å². The zero-order valence-electron chi connectivity index (χ0n) is 7.87. The summed E-state index contributed by atoms with van der Waals surface area (Å²) in [6, 6.07) is 0. The highest BCUT2D eigenvalue weighted by molar-refractivity contribution is 4.97. The second kappa shape index (κ2) is 9.96. The molecule has 0 radical (unpaired) electrons. The zero-order valence-corrected chi connectivity index (χ0v) is 7.87. The number of hydrogen-bond donors (Lipinski definition) is 0. The summed E-state index contributed by atoms with van der Waals surface area (Å²) in [5, 5.41) is 0. The predicted octanol–water partition coefficient (Wildman–Crippen LogP) is 4.03. The maximum atomic E-state index is 3.64. The Balaban J connectivity index is 3.28. The van der Waals surface area contributed by atoms with Crippen molar-refractivity contribution in [2.45, 2.75) is 26.2 Å². The van der Waals surface area contributed by atoms with E-state index in [1.54, 1.807) is 0 Å². The Labute approximate surface area is 76.0 Å². The van der Waals surface area contributed by atoms with Crippen molar-refractivity contribution in [3.05, 3.63) is 49.1 Å². The third kappa shape index (κ3) is 8.96. The molecule has 0 fully saturated rings. The maximum absolute atomic E-state index is 3.64. The van der Waals surface area contributed by atoms with E-state index < -0.39 is 0 Å². The summed E-state index contributed by atoms with van der Waals surface area (Å²) < 4.78 is 0. The summed E-state index contributed by atoms with van der Waals surface area (Å²) in [6.45, 7) is 5.68. The first-order valence-electron chi connectivity index (χ1n) is 4.44. The van der Waals surface area contributed by atoms with E-state index in [0.29, 0.717) is 0 Å². The molecule has 0 bridgehead atoms. The Hall–Kier alpha value is -1.04. The third-order valence-corrected chi connectivity index (χ3v) is 1.42. The fraction of sp³-hybridized carbons (Fsp3) is 0.333. The number of hydrogen-bond acceptors (Lipinski definition) is 0. The van der Waals surface area contributed by atoms with E-state index in [2.05, 4.69) is 43.0 Å². The van der Waals surface area contributed by atoms with Crippen LogP contribution in [0.5, 0.6) is 0 Å². The minimum Gasteiger partial charge on any atom is -0.103 e. The lowest BCUT2D eigenvalue weighted by Crippen LogP contribution is -1.61. The Kier molecular flexibility index (Phi) is 9.10. The molecule has 0 aliphatic carbocycles.